The quantitative estimate of drug-likeness (QED) is 0.568. The highest BCUT2D eigenvalue weighted by atomic mass is 16.5. The number of hydrogen-bond acceptors (Lipinski definition) is 5. The first kappa shape index (κ1) is 17.9. The normalized spacial score (nSPS) is 17.1. The Morgan fingerprint density at radius 2 is 2.03 bits per heavy atom. The summed E-state index contributed by atoms with van der Waals surface area (Å²) in [6.45, 7) is 5.26. The van der Waals surface area contributed by atoms with Gasteiger partial charge in [0.15, 0.2) is 0 Å². The smallest absolute Gasteiger partial charge is 0.139 e. The molecule has 3 aromatic heterocycles. The zero-order chi connectivity index (χ0) is 19.6. The molecule has 0 aliphatic carbocycles. The Morgan fingerprint density at radius 3 is 2.83 bits per heavy atom. The molecule has 0 saturated carbocycles. The van der Waals surface area contributed by atoms with Crippen LogP contribution in [0.3, 0.4) is 0 Å². The van der Waals surface area contributed by atoms with E-state index < -0.39 is 0 Å². The average Bonchev–Trinajstić information content (AvgIpc) is 3.41. The highest BCUT2D eigenvalue weighted by Gasteiger charge is 2.22. The fourth-order valence-corrected chi connectivity index (χ4v) is 3.89. The summed E-state index contributed by atoms with van der Waals surface area (Å²) < 4.78 is 7.63. The first-order chi connectivity index (χ1) is 14.3. The predicted molar refractivity (Wildman–Crippen MR) is 113 cm³/mol. The molecule has 5 rings (SSSR count). The third-order valence-corrected chi connectivity index (χ3v) is 5.44. The minimum absolute atomic E-state index is 0.302. The predicted octanol–water partition coefficient (Wildman–Crippen LogP) is 3.29. The maximum absolute atomic E-state index is 5.58. The molecule has 1 fully saturated rings. The van der Waals surface area contributed by atoms with Crippen LogP contribution in [0.1, 0.15) is 12.5 Å². The van der Waals surface area contributed by atoms with E-state index in [0.717, 1.165) is 61.0 Å². The van der Waals surface area contributed by atoms with Gasteiger partial charge >= 0.3 is 0 Å². The van der Waals surface area contributed by atoms with Gasteiger partial charge in [0.05, 0.1) is 24.8 Å². The van der Waals surface area contributed by atoms with E-state index in [1.807, 2.05) is 23.0 Å². The van der Waals surface area contributed by atoms with Gasteiger partial charge in [0.25, 0.3) is 0 Å². The standard InChI is InChI=1S/C22H24N6O/c1-16-15-29-14-13-27(16)20-8-7-19-22(24-20)21(18-9-11-23-25-18)26-28(19)12-10-17-5-3-2-4-6-17/h2-9,11,16H,10,12-15H2,1H3,(H,23,25). The van der Waals surface area contributed by atoms with Crippen LogP contribution in [0.4, 0.5) is 5.82 Å². The van der Waals surface area contributed by atoms with E-state index in [-0.39, 0.29) is 0 Å². The van der Waals surface area contributed by atoms with Crippen molar-refractivity contribution in [3.63, 3.8) is 0 Å². The molecule has 0 spiro atoms. The number of rotatable bonds is 5. The van der Waals surface area contributed by atoms with Crippen LogP contribution >= 0.6 is 0 Å². The molecule has 1 atom stereocenters. The number of fused-ring (bicyclic) bond motifs is 1. The van der Waals surface area contributed by atoms with E-state index in [4.69, 9.17) is 14.8 Å². The summed E-state index contributed by atoms with van der Waals surface area (Å²) in [7, 11) is 0. The molecule has 7 heteroatoms. The van der Waals surface area contributed by atoms with Crippen molar-refractivity contribution in [2.24, 2.45) is 0 Å². The number of morpholine rings is 1. The number of nitrogens with zero attached hydrogens (tertiary/aromatic N) is 5. The third kappa shape index (κ3) is 3.49. The molecule has 0 radical (unpaired) electrons. The Morgan fingerprint density at radius 1 is 1.14 bits per heavy atom. The van der Waals surface area contributed by atoms with Crippen molar-refractivity contribution in [1.29, 1.82) is 0 Å². The Hall–Kier alpha value is -3.19. The summed E-state index contributed by atoms with van der Waals surface area (Å²) in [5.41, 5.74) is 4.85. The Labute approximate surface area is 169 Å². The SMILES string of the molecule is CC1COCCN1c1ccc2c(n1)c(-c1cc[nH]n1)nn2CCc1ccccc1. The minimum Gasteiger partial charge on any atom is -0.377 e. The van der Waals surface area contributed by atoms with Crippen LogP contribution in [0.2, 0.25) is 0 Å². The number of anilines is 1. The van der Waals surface area contributed by atoms with Gasteiger partial charge in [-0.25, -0.2) is 4.98 Å². The van der Waals surface area contributed by atoms with Crippen molar-refractivity contribution < 1.29 is 4.74 Å². The molecule has 1 saturated heterocycles. The molecule has 7 nitrogen and oxygen atoms in total. The van der Waals surface area contributed by atoms with E-state index in [0.29, 0.717) is 6.04 Å². The number of hydrogen-bond donors (Lipinski definition) is 1. The van der Waals surface area contributed by atoms with E-state index in [9.17, 15) is 0 Å². The molecule has 148 valence electrons. The Bertz CT molecular complexity index is 1090. The van der Waals surface area contributed by atoms with E-state index in [1.54, 1.807) is 0 Å². The highest BCUT2D eigenvalue weighted by Crippen LogP contribution is 2.28. The van der Waals surface area contributed by atoms with E-state index >= 15 is 0 Å². The Balaban J connectivity index is 1.54. The van der Waals surface area contributed by atoms with Gasteiger partial charge in [-0.05, 0) is 37.1 Å². The number of aromatic nitrogens is 5. The molecule has 4 aromatic rings. The molecule has 1 N–H and O–H groups in total. The summed E-state index contributed by atoms with van der Waals surface area (Å²) in [4.78, 5) is 7.32. The lowest BCUT2D eigenvalue weighted by atomic mass is 10.1. The monoisotopic (exact) mass is 388 g/mol. The van der Waals surface area contributed by atoms with Gasteiger partial charge in [0, 0.05) is 19.3 Å². The third-order valence-electron chi connectivity index (χ3n) is 5.44. The summed E-state index contributed by atoms with van der Waals surface area (Å²) in [5.74, 6) is 0.965. The highest BCUT2D eigenvalue weighted by molar-refractivity contribution is 5.90. The van der Waals surface area contributed by atoms with Crippen LogP contribution in [0, 0.1) is 0 Å². The molecule has 4 heterocycles. The van der Waals surface area contributed by atoms with Crippen molar-refractivity contribution in [2.45, 2.75) is 25.9 Å². The van der Waals surface area contributed by atoms with Crippen LogP contribution in [-0.2, 0) is 17.7 Å². The summed E-state index contributed by atoms with van der Waals surface area (Å²) in [5, 5.41) is 12.1. The number of benzene rings is 1. The number of ether oxygens (including phenoxy) is 1. The van der Waals surface area contributed by atoms with Gasteiger partial charge in [0.2, 0.25) is 0 Å². The van der Waals surface area contributed by atoms with E-state index in [2.05, 4.69) is 58.4 Å². The minimum atomic E-state index is 0.302. The number of H-pyrrole nitrogens is 1. The molecular formula is C22H24N6O. The first-order valence-electron chi connectivity index (χ1n) is 10.1. The molecular weight excluding hydrogens is 364 g/mol. The fourth-order valence-electron chi connectivity index (χ4n) is 3.89. The zero-order valence-corrected chi connectivity index (χ0v) is 16.5. The molecule has 0 bridgehead atoms. The topological polar surface area (TPSA) is 71.9 Å². The van der Waals surface area contributed by atoms with Crippen molar-refractivity contribution in [1.82, 2.24) is 25.0 Å². The molecule has 0 amide bonds. The number of aryl methyl sites for hydroxylation is 2. The number of pyridine rings is 1. The second kappa shape index (κ2) is 7.67. The lowest BCUT2D eigenvalue weighted by Gasteiger charge is -2.34. The lowest BCUT2D eigenvalue weighted by Crippen LogP contribution is -2.44. The summed E-state index contributed by atoms with van der Waals surface area (Å²) >= 11 is 0. The summed E-state index contributed by atoms with van der Waals surface area (Å²) in [6, 6.07) is 17.0. The fraction of sp³-hybridized carbons (Fsp3) is 0.318. The van der Waals surface area contributed by atoms with Crippen molar-refractivity contribution in [3.05, 3.63) is 60.3 Å². The molecule has 29 heavy (non-hydrogen) atoms. The number of aromatic amines is 1. The van der Waals surface area contributed by atoms with Gasteiger partial charge in [0.1, 0.15) is 22.7 Å². The van der Waals surface area contributed by atoms with Crippen LogP contribution in [0.25, 0.3) is 22.4 Å². The van der Waals surface area contributed by atoms with Crippen LogP contribution in [0.5, 0.6) is 0 Å². The zero-order valence-electron chi connectivity index (χ0n) is 16.5. The molecule has 1 aliphatic heterocycles. The molecule has 1 aromatic carbocycles. The van der Waals surface area contributed by atoms with Crippen LogP contribution < -0.4 is 4.90 Å². The second-order valence-electron chi connectivity index (χ2n) is 7.42. The largest absolute Gasteiger partial charge is 0.377 e. The molecule has 1 unspecified atom stereocenters. The van der Waals surface area contributed by atoms with Crippen LogP contribution in [-0.4, -0.2) is 50.8 Å². The van der Waals surface area contributed by atoms with Crippen LogP contribution in [0.15, 0.2) is 54.7 Å². The van der Waals surface area contributed by atoms with Gasteiger partial charge in [-0.3, -0.25) is 9.78 Å². The number of nitrogens with one attached hydrogen (secondary N) is 1. The maximum atomic E-state index is 5.58. The van der Waals surface area contributed by atoms with Gasteiger partial charge in [-0.2, -0.15) is 10.2 Å². The second-order valence-corrected chi connectivity index (χ2v) is 7.42. The average molecular weight is 388 g/mol. The van der Waals surface area contributed by atoms with Crippen molar-refractivity contribution in [3.8, 4) is 11.4 Å². The van der Waals surface area contributed by atoms with Gasteiger partial charge in [-0.1, -0.05) is 30.3 Å². The maximum Gasteiger partial charge on any atom is 0.139 e. The van der Waals surface area contributed by atoms with Gasteiger partial charge < -0.3 is 9.64 Å². The summed E-state index contributed by atoms with van der Waals surface area (Å²) in [6.07, 6.45) is 2.73. The lowest BCUT2D eigenvalue weighted by molar-refractivity contribution is 0.0986. The Kier molecular flexibility index (Phi) is 4.73. The van der Waals surface area contributed by atoms with Crippen molar-refractivity contribution in [2.75, 3.05) is 24.7 Å². The van der Waals surface area contributed by atoms with Crippen molar-refractivity contribution >= 4 is 16.9 Å². The first-order valence-corrected chi connectivity index (χ1v) is 10.1. The van der Waals surface area contributed by atoms with E-state index in [1.165, 1.54) is 5.56 Å². The molecule has 1 aliphatic rings. The van der Waals surface area contributed by atoms with Gasteiger partial charge in [-0.15, -0.1) is 0 Å².